The Bertz CT molecular complexity index is 583. The fourth-order valence-corrected chi connectivity index (χ4v) is 3.53. The van der Waals surface area contributed by atoms with E-state index in [1.54, 1.807) is 0 Å². The zero-order chi connectivity index (χ0) is 15.3. The first-order valence-electron chi connectivity index (χ1n) is 7.92. The van der Waals surface area contributed by atoms with Crippen molar-refractivity contribution in [2.75, 3.05) is 46.9 Å². The lowest BCUT2D eigenvalue weighted by atomic mass is 9.81. The Hall–Kier alpha value is -1.47. The number of ether oxygens (including phenoxy) is 1. The van der Waals surface area contributed by atoms with Crippen LogP contribution in [0.2, 0.25) is 0 Å². The lowest BCUT2D eigenvalue weighted by molar-refractivity contribution is -0.131. The van der Waals surface area contributed by atoms with Gasteiger partial charge in [-0.05, 0) is 26.9 Å². The lowest BCUT2D eigenvalue weighted by Gasteiger charge is -2.23. The molecule has 120 valence electrons. The smallest absolute Gasteiger partial charge is 0.236 e. The van der Waals surface area contributed by atoms with Crippen LogP contribution in [-0.4, -0.2) is 72.8 Å². The first-order chi connectivity index (χ1) is 10.6. The molecular weight excluding hydrogens is 284 g/mol. The van der Waals surface area contributed by atoms with Gasteiger partial charge in [0.15, 0.2) is 0 Å². The van der Waals surface area contributed by atoms with Gasteiger partial charge in [0.05, 0.1) is 25.2 Å². The molecule has 2 saturated heterocycles. The van der Waals surface area contributed by atoms with Gasteiger partial charge in [-0.25, -0.2) is 0 Å². The Morgan fingerprint density at radius 1 is 1.41 bits per heavy atom. The molecule has 1 aliphatic carbocycles. The molecule has 3 heterocycles. The summed E-state index contributed by atoms with van der Waals surface area (Å²) in [5.41, 5.74) is -0.303. The Morgan fingerprint density at radius 2 is 2.23 bits per heavy atom. The predicted octanol–water partition coefficient (Wildman–Crippen LogP) is 0.235. The number of carbonyl (C=O) groups excluding carboxylic acids is 1. The minimum atomic E-state index is -0.303. The summed E-state index contributed by atoms with van der Waals surface area (Å²) in [6.45, 7) is 2.99. The number of hydrogen-bond acceptors (Lipinski definition) is 6. The van der Waals surface area contributed by atoms with Crippen molar-refractivity contribution in [1.82, 2.24) is 20.0 Å². The number of nitrogens with zero attached hydrogens (tertiary/aromatic N) is 4. The third kappa shape index (κ3) is 2.23. The molecule has 7 nitrogen and oxygen atoms in total. The number of amides is 1. The van der Waals surface area contributed by atoms with Crippen LogP contribution in [0.4, 0.5) is 0 Å². The molecule has 0 spiro atoms. The summed E-state index contributed by atoms with van der Waals surface area (Å²) in [7, 11) is 3.82. The van der Waals surface area contributed by atoms with Crippen molar-refractivity contribution in [3.8, 4) is 0 Å². The van der Waals surface area contributed by atoms with Crippen LogP contribution in [0.25, 0.3) is 0 Å². The summed E-state index contributed by atoms with van der Waals surface area (Å²) < 4.78 is 11.6. The van der Waals surface area contributed by atoms with Crippen LogP contribution in [0.15, 0.2) is 4.42 Å². The normalized spacial score (nSPS) is 31.0. The van der Waals surface area contributed by atoms with Gasteiger partial charge >= 0.3 is 0 Å². The van der Waals surface area contributed by atoms with Crippen molar-refractivity contribution in [2.24, 2.45) is 5.92 Å². The van der Waals surface area contributed by atoms with Crippen LogP contribution in [0.5, 0.6) is 0 Å². The highest BCUT2D eigenvalue weighted by atomic mass is 16.5. The number of aromatic nitrogens is 2. The first kappa shape index (κ1) is 14.1. The van der Waals surface area contributed by atoms with E-state index in [2.05, 4.69) is 10.2 Å². The maximum absolute atomic E-state index is 12.4. The molecule has 2 aliphatic heterocycles. The molecule has 22 heavy (non-hydrogen) atoms. The van der Waals surface area contributed by atoms with Crippen molar-refractivity contribution >= 4 is 5.91 Å². The zero-order valence-electron chi connectivity index (χ0n) is 13.1. The van der Waals surface area contributed by atoms with Crippen molar-refractivity contribution < 1.29 is 13.9 Å². The standard InChI is InChI=1S/C15H22N4O3/c1-18(2)6-12(20)19-5-11-7-21-9-15(11,8-19)14-17-16-13(22-14)10-3-4-10/h10-11H,3-9H2,1-2H3/t11-,15-/m0/s1. The number of carbonyl (C=O) groups is 1. The molecule has 0 radical (unpaired) electrons. The molecule has 0 unspecified atom stereocenters. The SMILES string of the molecule is CN(C)CC(=O)N1C[C@H]2COC[C@@]2(c2nnc(C3CC3)o2)C1. The van der Waals surface area contributed by atoms with Crippen LogP contribution < -0.4 is 0 Å². The van der Waals surface area contributed by atoms with Crippen LogP contribution in [-0.2, 0) is 14.9 Å². The number of likely N-dealkylation sites (tertiary alicyclic amines) is 1. The van der Waals surface area contributed by atoms with Crippen LogP contribution in [0.3, 0.4) is 0 Å². The van der Waals surface area contributed by atoms with E-state index < -0.39 is 0 Å². The largest absolute Gasteiger partial charge is 0.424 e. The second-order valence-electron chi connectivity index (χ2n) is 7.10. The fraction of sp³-hybridized carbons (Fsp3) is 0.800. The van der Waals surface area contributed by atoms with E-state index in [1.165, 1.54) is 0 Å². The molecule has 3 fully saturated rings. The summed E-state index contributed by atoms with van der Waals surface area (Å²) in [6, 6.07) is 0. The minimum Gasteiger partial charge on any atom is -0.424 e. The summed E-state index contributed by atoms with van der Waals surface area (Å²) in [5, 5.41) is 8.51. The third-order valence-electron chi connectivity index (χ3n) is 4.97. The van der Waals surface area contributed by atoms with E-state index >= 15 is 0 Å². The second kappa shape index (κ2) is 5.03. The number of likely N-dealkylation sites (N-methyl/N-ethyl adjacent to an activating group) is 1. The molecule has 2 atom stereocenters. The van der Waals surface area contributed by atoms with Crippen molar-refractivity contribution in [2.45, 2.75) is 24.2 Å². The van der Waals surface area contributed by atoms with Crippen molar-refractivity contribution in [3.05, 3.63) is 11.8 Å². The predicted molar refractivity (Wildman–Crippen MR) is 77.4 cm³/mol. The van der Waals surface area contributed by atoms with Gasteiger partial charge in [-0.1, -0.05) is 0 Å². The van der Waals surface area contributed by atoms with Gasteiger partial charge in [-0.2, -0.15) is 0 Å². The van der Waals surface area contributed by atoms with E-state index in [0.29, 0.717) is 44.7 Å². The average Bonchev–Trinajstić information content (AvgIpc) is 2.91. The molecule has 0 N–H and O–H groups in total. The van der Waals surface area contributed by atoms with Gasteiger partial charge in [0.2, 0.25) is 17.7 Å². The highest BCUT2D eigenvalue weighted by molar-refractivity contribution is 5.78. The number of rotatable bonds is 4. The first-order valence-corrected chi connectivity index (χ1v) is 7.92. The van der Waals surface area contributed by atoms with Gasteiger partial charge in [-0.15, -0.1) is 10.2 Å². The third-order valence-corrected chi connectivity index (χ3v) is 4.97. The summed E-state index contributed by atoms with van der Waals surface area (Å²) in [6.07, 6.45) is 2.28. The van der Waals surface area contributed by atoms with Gasteiger partial charge in [0, 0.05) is 24.9 Å². The van der Waals surface area contributed by atoms with Crippen LogP contribution in [0.1, 0.15) is 30.5 Å². The van der Waals surface area contributed by atoms with Crippen LogP contribution in [0, 0.1) is 5.92 Å². The molecule has 1 aromatic rings. The molecule has 0 bridgehead atoms. The van der Waals surface area contributed by atoms with Crippen molar-refractivity contribution in [1.29, 1.82) is 0 Å². The Morgan fingerprint density at radius 3 is 2.95 bits per heavy atom. The molecule has 4 rings (SSSR count). The average molecular weight is 306 g/mol. The molecule has 1 aromatic heterocycles. The number of fused-ring (bicyclic) bond motifs is 1. The second-order valence-corrected chi connectivity index (χ2v) is 7.10. The van der Waals surface area contributed by atoms with Gasteiger partial charge in [-0.3, -0.25) is 4.79 Å². The van der Waals surface area contributed by atoms with Gasteiger partial charge in [0.25, 0.3) is 0 Å². The molecule has 0 aromatic carbocycles. The Labute approximate surface area is 129 Å². The molecular formula is C15H22N4O3. The van der Waals surface area contributed by atoms with E-state index in [1.807, 2.05) is 23.9 Å². The van der Waals surface area contributed by atoms with Crippen LogP contribution >= 0.6 is 0 Å². The lowest BCUT2D eigenvalue weighted by Crippen LogP contribution is -2.40. The maximum atomic E-state index is 12.4. The molecule has 1 saturated carbocycles. The highest BCUT2D eigenvalue weighted by Crippen LogP contribution is 2.45. The number of hydrogen-bond donors (Lipinski definition) is 0. The molecule has 3 aliphatic rings. The fourth-order valence-electron chi connectivity index (χ4n) is 3.53. The topological polar surface area (TPSA) is 71.7 Å². The minimum absolute atomic E-state index is 0.153. The van der Waals surface area contributed by atoms with Gasteiger partial charge < -0.3 is 19.0 Å². The highest BCUT2D eigenvalue weighted by Gasteiger charge is 2.56. The zero-order valence-corrected chi connectivity index (χ0v) is 13.1. The summed E-state index contributed by atoms with van der Waals surface area (Å²) in [5.74, 6) is 2.28. The molecule has 1 amide bonds. The maximum Gasteiger partial charge on any atom is 0.236 e. The monoisotopic (exact) mass is 306 g/mol. The quantitative estimate of drug-likeness (QED) is 0.793. The molecule has 7 heteroatoms. The van der Waals surface area contributed by atoms with E-state index in [-0.39, 0.29) is 17.2 Å². The Kier molecular flexibility index (Phi) is 3.23. The van der Waals surface area contributed by atoms with Crippen molar-refractivity contribution in [3.63, 3.8) is 0 Å². The summed E-state index contributed by atoms with van der Waals surface area (Å²) >= 11 is 0. The van der Waals surface area contributed by atoms with E-state index in [9.17, 15) is 4.79 Å². The Balaban J connectivity index is 1.57. The van der Waals surface area contributed by atoms with E-state index in [0.717, 1.165) is 18.7 Å². The summed E-state index contributed by atoms with van der Waals surface area (Å²) in [4.78, 5) is 16.2. The van der Waals surface area contributed by atoms with Gasteiger partial charge in [0.1, 0.15) is 0 Å². The van der Waals surface area contributed by atoms with E-state index in [4.69, 9.17) is 9.15 Å².